The Hall–Kier alpha value is -1.48. The number of nitrogens with one attached hydrogen (secondary N) is 2. The summed E-state index contributed by atoms with van der Waals surface area (Å²) in [5, 5.41) is 10.4. The number of aliphatic imine (C=N–C) groups is 1. The average molecular weight is 500 g/mol. The lowest BCUT2D eigenvalue weighted by Gasteiger charge is -2.33. The molecule has 1 saturated heterocycles. The monoisotopic (exact) mass is 500 g/mol. The molecule has 2 N–H and O–H groups in total. The number of rotatable bonds is 6. The summed E-state index contributed by atoms with van der Waals surface area (Å²) in [6.45, 7) is 5.58. The number of thiophene rings is 1. The van der Waals surface area contributed by atoms with Gasteiger partial charge in [0.05, 0.1) is 11.5 Å². The Bertz CT molecular complexity index is 700. The zero-order chi connectivity index (χ0) is 18.2. The fourth-order valence-corrected chi connectivity index (χ4v) is 3.91. The highest BCUT2D eigenvalue weighted by Gasteiger charge is 2.20. The number of nitrogens with zero attached hydrogens (tertiary/aromatic N) is 2. The summed E-state index contributed by atoms with van der Waals surface area (Å²) in [5.41, 5.74) is 1.21. The minimum absolute atomic E-state index is 0. The lowest BCUT2D eigenvalue weighted by Crippen LogP contribution is -2.49. The van der Waals surface area contributed by atoms with Crippen LogP contribution in [0, 0.1) is 6.92 Å². The largest absolute Gasteiger partial charge is 0.492 e. The molecule has 2 heterocycles. The summed E-state index contributed by atoms with van der Waals surface area (Å²) in [7, 11) is 1.82. The quantitative estimate of drug-likeness (QED) is 0.274. The second kappa shape index (κ2) is 11.4. The highest BCUT2D eigenvalue weighted by atomic mass is 127. The van der Waals surface area contributed by atoms with E-state index in [1.54, 1.807) is 0 Å². The fourth-order valence-electron chi connectivity index (χ4n) is 3.13. The normalized spacial score (nSPS) is 15.2. The molecule has 1 aliphatic heterocycles. The molecular weight excluding hydrogens is 471 g/mol. The maximum atomic E-state index is 5.78. The molecule has 5 nitrogen and oxygen atoms in total. The van der Waals surface area contributed by atoms with E-state index in [4.69, 9.17) is 4.74 Å². The number of piperidine rings is 1. The van der Waals surface area contributed by atoms with Crippen molar-refractivity contribution in [3.8, 4) is 5.75 Å². The van der Waals surface area contributed by atoms with Crippen LogP contribution in [0.15, 0.2) is 46.8 Å². The predicted molar refractivity (Wildman–Crippen MR) is 126 cm³/mol. The molecule has 7 heteroatoms. The first-order valence-electron chi connectivity index (χ1n) is 9.19. The predicted octanol–water partition coefficient (Wildman–Crippen LogP) is 3.89. The number of hydrogen-bond acceptors (Lipinski definition) is 4. The fraction of sp³-hybridized carbons (Fsp3) is 0.450. The van der Waals surface area contributed by atoms with Gasteiger partial charge in [0.1, 0.15) is 12.4 Å². The first-order valence-corrected chi connectivity index (χ1v) is 10.1. The van der Waals surface area contributed by atoms with E-state index in [9.17, 15) is 0 Å². The van der Waals surface area contributed by atoms with E-state index in [1.807, 2.05) is 30.5 Å². The van der Waals surface area contributed by atoms with Gasteiger partial charge in [-0.1, -0.05) is 12.1 Å². The van der Waals surface area contributed by atoms with Crippen LogP contribution in [-0.4, -0.2) is 45.3 Å². The number of halogens is 1. The highest BCUT2D eigenvalue weighted by Crippen LogP contribution is 2.24. The minimum Gasteiger partial charge on any atom is -0.492 e. The van der Waals surface area contributed by atoms with Gasteiger partial charge >= 0.3 is 0 Å². The van der Waals surface area contributed by atoms with Crippen molar-refractivity contribution in [3.63, 3.8) is 0 Å². The molecule has 0 unspecified atom stereocenters. The van der Waals surface area contributed by atoms with Crippen LogP contribution in [0.2, 0.25) is 0 Å². The van der Waals surface area contributed by atoms with Gasteiger partial charge in [-0.3, -0.25) is 4.99 Å². The van der Waals surface area contributed by atoms with Crippen LogP contribution in [0.25, 0.3) is 0 Å². The van der Waals surface area contributed by atoms with Gasteiger partial charge < -0.3 is 20.3 Å². The van der Waals surface area contributed by atoms with Gasteiger partial charge in [0.25, 0.3) is 0 Å². The van der Waals surface area contributed by atoms with Crippen molar-refractivity contribution in [2.24, 2.45) is 4.99 Å². The van der Waals surface area contributed by atoms with Crippen LogP contribution >= 0.6 is 35.3 Å². The third-order valence-corrected chi connectivity index (χ3v) is 5.46. The molecule has 0 radical (unpaired) electrons. The molecule has 1 aliphatic rings. The van der Waals surface area contributed by atoms with Crippen molar-refractivity contribution in [1.29, 1.82) is 0 Å². The van der Waals surface area contributed by atoms with Crippen LogP contribution < -0.4 is 20.3 Å². The van der Waals surface area contributed by atoms with Crippen LogP contribution in [-0.2, 0) is 0 Å². The molecule has 0 amide bonds. The maximum absolute atomic E-state index is 5.78. The molecule has 0 atom stereocenters. The molecule has 1 aromatic heterocycles. The Morgan fingerprint density at radius 3 is 2.74 bits per heavy atom. The molecular formula is C20H29IN4OS. The van der Waals surface area contributed by atoms with Gasteiger partial charge in [0.15, 0.2) is 5.96 Å². The highest BCUT2D eigenvalue weighted by molar-refractivity contribution is 14.0. The smallest absolute Gasteiger partial charge is 0.191 e. The lowest BCUT2D eigenvalue weighted by atomic mass is 10.1. The van der Waals surface area contributed by atoms with Crippen molar-refractivity contribution in [1.82, 2.24) is 10.6 Å². The van der Waals surface area contributed by atoms with Crippen LogP contribution in [0.1, 0.15) is 18.4 Å². The number of aryl methyl sites for hydroxylation is 1. The van der Waals surface area contributed by atoms with E-state index in [0.29, 0.717) is 12.6 Å². The van der Waals surface area contributed by atoms with Crippen molar-refractivity contribution in [2.45, 2.75) is 25.8 Å². The molecule has 148 valence electrons. The topological polar surface area (TPSA) is 48.9 Å². The second-order valence-electron chi connectivity index (χ2n) is 6.52. The van der Waals surface area contributed by atoms with Crippen molar-refractivity contribution >= 4 is 46.3 Å². The maximum Gasteiger partial charge on any atom is 0.191 e. The standard InChI is InChI=1S/C20H28N4OS.HI/c1-16-5-3-6-18(15-16)25-13-10-22-20(21-2)23-17-8-11-24(12-9-17)19-7-4-14-26-19;/h3-7,14-15,17H,8-13H2,1-2H3,(H2,21,22,23);1H. The van der Waals surface area contributed by atoms with E-state index in [1.165, 1.54) is 10.6 Å². The van der Waals surface area contributed by atoms with Crippen LogP contribution in [0.4, 0.5) is 5.00 Å². The van der Waals surface area contributed by atoms with E-state index in [0.717, 1.165) is 44.2 Å². The number of ether oxygens (including phenoxy) is 1. The zero-order valence-corrected chi connectivity index (χ0v) is 19.1. The Labute approximate surface area is 183 Å². The third kappa shape index (κ3) is 6.88. The zero-order valence-electron chi connectivity index (χ0n) is 16.0. The molecule has 0 aliphatic carbocycles. The third-order valence-electron chi connectivity index (χ3n) is 4.53. The van der Waals surface area contributed by atoms with Crippen LogP contribution in [0.5, 0.6) is 5.75 Å². The first kappa shape index (κ1) is 21.8. The Morgan fingerprint density at radius 2 is 2.07 bits per heavy atom. The van der Waals surface area contributed by atoms with Crippen LogP contribution in [0.3, 0.4) is 0 Å². The summed E-state index contributed by atoms with van der Waals surface area (Å²) in [6.07, 6.45) is 2.25. The minimum atomic E-state index is 0. The molecule has 0 bridgehead atoms. The van der Waals surface area contributed by atoms with E-state index in [-0.39, 0.29) is 24.0 Å². The summed E-state index contributed by atoms with van der Waals surface area (Å²) >= 11 is 1.82. The lowest BCUT2D eigenvalue weighted by molar-refractivity contribution is 0.321. The molecule has 1 fully saturated rings. The Morgan fingerprint density at radius 1 is 1.26 bits per heavy atom. The molecule has 0 spiro atoms. The molecule has 0 saturated carbocycles. The van der Waals surface area contributed by atoms with Crippen molar-refractivity contribution < 1.29 is 4.74 Å². The van der Waals surface area contributed by atoms with Gasteiger partial charge in [-0.05, 0) is 55.0 Å². The van der Waals surface area contributed by atoms with Gasteiger partial charge in [0, 0.05) is 26.2 Å². The van der Waals surface area contributed by atoms with Crippen molar-refractivity contribution in [3.05, 3.63) is 47.3 Å². The average Bonchev–Trinajstić information content (AvgIpc) is 3.19. The summed E-state index contributed by atoms with van der Waals surface area (Å²) in [6, 6.07) is 12.9. The number of anilines is 1. The number of guanidine groups is 1. The van der Waals surface area contributed by atoms with Gasteiger partial charge in [-0.2, -0.15) is 0 Å². The number of hydrogen-bond donors (Lipinski definition) is 2. The summed E-state index contributed by atoms with van der Waals surface area (Å²) < 4.78 is 5.78. The Kier molecular flexibility index (Phi) is 9.20. The van der Waals surface area contributed by atoms with Gasteiger partial charge in [-0.25, -0.2) is 0 Å². The van der Waals surface area contributed by atoms with E-state index in [2.05, 4.69) is 57.1 Å². The molecule has 3 rings (SSSR count). The summed E-state index contributed by atoms with van der Waals surface area (Å²) in [5.74, 6) is 1.77. The molecule has 2 aromatic rings. The Balaban J connectivity index is 0.00000261. The summed E-state index contributed by atoms with van der Waals surface area (Å²) in [4.78, 5) is 6.80. The first-order chi connectivity index (χ1) is 12.7. The molecule has 27 heavy (non-hydrogen) atoms. The van der Waals surface area contributed by atoms with E-state index < -0.39 is 0 Å². The number of benzene rings is 1. The van der Waals surface area contributed by atoms with Gasteiger partial charge in [0.2, 0.25) is 0 Å². The van der Waals surface area contributed by atoms with Crippen molar-refractivity contribution in [2.75, 3.05) is 38.2 Å². The van der Waals surface area contributed by atoms with E-state index >= 15 is 0 Å². The second-order valence-corrected chi connectivity index (χ2v) is 7.45. The SMILES string of the molecule is CN=C(NCCOc1cccc(C)c1)NC1CCN(c2cccs2)CC1.I. The van der Waals surface area contributed by atoms with Gasteiger partial charge in [-0.15, -0.1) is 35.3 Å². The molecule has 1 aromatic carbocycles.